The fourth-order valence-electron chi connectivity index (χ4n) is 3.10. The van der Waals surface area contributed by atoms with Crippen molar-refractivity contribution in [3.8, 4) is 0 Å². The molecule has 2 atom stereocenters. The van der Waals surface area contributed by atoms with Gasteiger partial charge >= 0.3 is 0 Å². The SMILES string of the molecule is CC1(C)CCCCC12CCC(C=O)O2. The van der Waals surface area contributed by atoms with E-state index in [2.05, 4.69) is 13.8 Å². The largest absolute Gasteiger partial charge is 0.364 e. The van der Waals surface area contributed by atoms with Gasteiger partial charge in [-0.3, -0.25) is 0 Å². The zero-order valence-electron chi connectivity index (χ0n) is 9.21. The zero-order chi connectivity index (χ0) is 10.2. The van der Waals surface area contributed by atoms with Gasteiger partial charge in [0, 0.05) is 0 Å². The van der Waals surface area contributed by atoms with Gasteiger partial charge < -0.3 is 9.53 Å². The molecule has 0 aromatic rings. The van der Waals surface area contributed by atoms with Crippen LogP contribution in [0.25, 0.3) is 0 Å². The van der Waals surface area contributed by atoms with E-state index in [9.17, 15) is 4.79 Å². The second-order valence-corrected chi connectivity index (χ2v) is 5.42. The van der Waals surface area contributed by atoms with Crippen molar-refractivity contribution in [2.45, 2.75) is 64.1 Å². The summed E-state index contributed by atoms with van der Waals surface area (Å²) < 4.78 is 5.99. The summed E-state index contributed by atoms with van der Waals surface area (Å²) in [7, 11) is 0. The predicted molar refractivity (Wildman–Crippen MR) is 55.2 cm³/mol. The van der Waals surface area contributed by atoms with Crippen molar-refractivity contribution in [3.05, 3.63) is 0 Å². The van der Waals surface area contributed by atoms with E-state index in [1.807, 2.05) is 0 Å². The monoisotopic (exact) mass is 196 g/mol. The van der Waals surface area contributed by atoms with Crippen molar-refractivity contribution >= 4 is 6.29 Å². The molecule has 1 aliphatic heterocycles. The smallest absolute Gasteiger partial charge is 0.148 e. The molecule has 2 fully saturated rings. The summed E-state index contributed by atoms with van der Waals surface area (Å²) in [5.41, 5.74) is 0.264. The molecule has 1 saturated heterocycles. The standard InChI is InChI=1S/C12H20O2/c1-11(2)6-3-4-7-12(11)8-5-10(9-13)14-12/h9-10H,3-8H2,1-2H3. The van der Waals surface area contributed by atoms with Crippen LogP contribution >= 0.6 is 0 Å². The van der Waals surface area contributed by atoms with E-state index < -0.39 is 0 Å². The van der Waals surface area contributed by atoms with Crippen LogP contribution < -0.4 is 0 Å². The Morgan fingerprint density at radius 1 is 1.21 bits per heavy atom. The molecule has 0 aromatic heterocycles. The van der Waals surface area contributed by atoms with Crippen molar-refractivity contribution in [2.24, 2.45) is 5.41 Å². The number of ether oxygens (including phenoxy) is 1. The van der Waals surface area contributed by atoms with Crippen molar-refractivity contribution in [1.82, 2.24) is 0 Å². The van der Waals surface area contributed by atoms with Gasteiger partial charge in [0.2, 0.25) is 0 Å². The zero-order valence-corrected chi connectivity index (χ0v) is 9.21. The van der Waals surface area contributed by atoms with E-state index in [-0.39, 0.29) is 17.1 Å². The van der Waals surface area contributed by atoms with Crippen molar-refractivity contribution in [3.63, 3.8) is 0 Å². The predicted octanol–water partition coefficient (Wildman–Crippen LogP) is 2.70. The Hall–Kier alpha value is -0.370. The molecule has 2 rings (SSSR count). The normalized spacial score (nSPS) is 41.4. The molecule has 1 heterocycles. The van der Waals surface area contributed by atoms with Crippen LogP contribution in [-0.4, -0.2) is 18.0 Å². The van der Waals surface area contributed by atoms with Crippen LogP contribution in [0.3, 0.4) is 0 Å². The van der Waals surface area contributed by atoms with Gasteiger partial charge in [0.15, 0.2) is 0 Å². The van der Waals surface area contributed by atoms with E-state index >= 15 is 0 Å². The van der Waals surface area contributed by atoms with Crippen molar-refractivity contribution < 1.29 is 9.53 Å². The Bertz CT molecular complexity index is 234. The van der Waals surface area contributed by atoms with Gasteiger partial charge in [-0.25, -0.2) is 0 Å². The molecule has 2 nitrogen and oxygen atoms in total. The highest BCUT2D eigenvalue weighted by atomic mass is 16.5. The molecular weight excluding hydrogens is 176 g/mol. The van der Waals surface area contributed by atoms with Crippen molar-refractivity contribution in [2.75, 3.05) is 0 Å². The Labute approximate surface area is 86.0 Å². The van der Waals surface area contributed by atoms with Gasteiger partial charge in [0.25, 0.3) is 0 Å². The third kappa shape index (κ3) is 1.40. The maximum Gasteiger partial charge on any atom is 0.148 e. The first-order valence-corrected chi connectivity index (χ1v) is 5.73. The molecule has 1 saturated carbocycles. The van der Waals surface area contributed by atoms with Gasteiger partial charge in [0.05, 0.1) is 5.60 Å². The number of hydrogen-bond acceptors (Lipinski definition) is 2. The first-order valence-electron chi connectivity index (χ1n) is 5.73. The maximum atomic E-state index is 10.7. The molecule has 0 bridgehead atoms. The molecule has 0 aromatic carbocycles. The molecule has 1 aliphatic carbocycles. The molecule has 2 unspecified atom stereocenters. The molecule has 0 amide bonds. The number of carbonyl (C=O) groups excluding carboxylic acids is 1. The average molecular weight is 196 g/mol. The molecule has 80 valence electrons. The van der Waals surface area contributed by atoms with E-state index in [0.29, 0.717) is 0 Å². The van der Waals surface area contributed by atoms with E-state index in [4.69, 9.17) is 4.74 Å². The van der Waals surface area contributed by atoms with Crippen LogP contribution in [0.15, 0.2) is 0 Å². The van der Waals surface area contributed by atoms with Crippen LogP contribution in [-0.2, 0) is 9.53 Å². The van der Waals surface area contributed by atoms with E-state index in [1.165, 1.54) is 19.3 Å². The lowest BCUT2D eigenvalue weighted by Gasteiger charge is -2.47. The minimum Gasteiger partial charge on any atom is -0.364 e. The van der Waals surface area contributed by atoms with Crippen LogP contribution in [0, 0.1) is 5.41 Å². The van der Waals surface area contributed by atoms with Gasteiger partial charge in [-0.15, -0.1) is 0 Å². The number of aldehydes is 1. The van der Waals surface area contributed by atoms with Gasteiger partial charge in [-0.05, 0) is 31.1 Å². The molecule has 0 radical (unpaired) electrons. The van der Waals surface area contributed by atoms with E-state index in [1.54, 1.807) is 0 Å². The fraction of sp³-hybridized carbons (Fsp3) is 0.917. The summed E-state index contributed by atoms with van der Waals surface area (Å²) in [6, 6.07) is 0. The summed E-state index contributed by atoms with van der Waals surface area (Å²) in [5, 5.41) is 0. The lowest BCUT2D eigenvalue weighted by molar-refractivity contribution is -0.147. The summed E-state index contributed by atoms with van der Waals surface area (Å²) in [4.78, 5) is 10.7. The third-order valence-electron chi connectivity index (χ3n) is 4.23. The summed E-state index contributed by atoms with van der Waals surface area (Å²) >= 11 is 0. The third-order valence-corrected chi connectivity index (χ3v) is 4.23. The quantitative estimate of drug-likeness (QED) is 0.603. The molecule has 2 heteroatoms. The van der Waals surface area contributed by atoms with Gasteiger partial charge in [0.1, 0.15) is 12.4 Å². The topological polar surface area (TPSA) is 26.3 Å². The fourth-order valence-corrected chi connectivity index (χ4v) is 3.10. The lowest BCUT2D eigenvalue weighted by Crippen LogP contribution is -2.47. The number of hydrogen-bond donors (Lipinski definition) is 0. The van der Waals surface area contributed by atoms with Crippen LogP contribution in [0.2, 0.25) is 0 Å². The van der Waals surface area contributed by atoms with Gasteiger partial charge in [-0.1, -0.05) is 26.7 Å². The van der Waals surface area contributed by atoms with Crippen LogP contribution in [0.1, 0.15) is 52.4 Å². The second-order valence-electron chi connectivity index (χ2n) is 5.42. The first kappa shape index (κ1) is 10.2. The first-order chi connectivity index (χ1) is 6.60. The lowest BCUT2D eigenvalue weighted by atomic mass is 9.64. The Balaban J connectivity index is 2.17. The average Bonchev–Trinajstić information content (AvgIpc) is 2.56. The number of rotatable bonds is 1. The summed E-state index contributed by atoms with van der Waals surface area (Å²) in [5.74, 6) is 0. The molecule has 1 spiro atoms. The molecule has 14 heavy (non-hydrogen) atoms. The highest BCUT2D eigenvalue weighted by molar-refractivity contribution is 5.56. The van der Waals surface area contributed by atoms with Crippen LogP contribution in [0.5, 0.6) is 0 Å². The maximum absolute atomic E-state index is 10.7. The minimum absolute atomic E-state index is 0.0107. The number of carbonyl (C=O) groups is 1. The Morgan fingerprint density at radius 2 is 1.93 bits per heavy atom. The summed E-state index contributed by atoms with van der Waals surface area (Å²) in [6.07, 6.45) is 7.78. The van der Waals surface area contributed by atoms with Gasteiger partial charge in [-0.2, -0.15) is 0 Å². The molecule has 0 N–H and O–H groups in total. The van der Waals surface area contributed by atoms with Crippen LogP contribution in [0.4, 0.5) is 0 Å². The van der Waals surface area contributed by atoms with Crippen molar-refractivity contribution in [1.29, 1.82) is 0 Å². The Kier molecular flexibility index (Phi) is 2.42. The minimum atomic E-state index is -0.132. The highest BCUT2D eigenvalue weighted by Gasteiger charge is 2.51. The Morgan fingerprint density at radius 3 is 2.50 bits per heavy atom. The highest BCUT2D eigenvalue weighted by Crippen LogP contribution is 2.52. The molecule has 2 aliphatic rings. The van der Waals surface area contributed by atoms with E-state index in [0.717, 1.165) is 25.5 Å². The molecular formula is C12H20O2. The second kappa shape index (κ2) is 3.34. The summed E-state index contributed by atoms with van der Waals surface area (Å²) in [6.45, 7) is 4.58.